The van der Waals surface area contributed by atoms with Gasteiger partial charge in [0.2, 0.25) is 5.91 Å². The van der Waals surface area contributed by atoms with E-state index < -0.39 is 5.25 Å². The first-order valence-electron chi connectivity index (χ1n) is 9.06. The van der Waals surface area contributed by atoms with Crippen molar-refractivity contribution in [3.8, 4) is 0 Å². The number of thioether (sulfide) groups is 1. The zero-order valence-electron chi connectivity index (χ0n) is 15.9. The van der Waals surface area contributed by atoms with Crippen LogP contribution in [-0.4, -0.2) is 46.2 Å². The van der Waals surface area contributed by atoms with Crippen LogP contribution in [0.15, 0.2) is 64.5 Å². The van der Waals surface area contributed by atoms with Gasteiger partial charge >= 0.3 is 0 Å². The summed E-state index contributed by atoms with van der Waals surface area (Å²) in [6.07, 6.45) is 0.436. The molecule has 0 aliphatic rings. The lowest BCUT2D eigenvalue weighted by molar-refractivity contribution is -0.128. The average Bonchev–Trinajstić information content (AvgIpc) is 2.71. The van der Waals surface area contributed by atoms with Gasteiger partial charge in [-0.2, -0.15) is 0 Å². The number of amides is 1. The number of aliphatic hydroxyl groups excluding tert-OH is 1. The Bertz CT molecular complexity index is 1020. The van der Waals surface area contributed by atoms with Gasteiger partial charge in [0.25, 0.3) is 5.56 Å². The molecule has 0 bridgehead atoms. The van der Waals surface area contributed by atoms with E-state index in [2.05, 4.69) is 4.98 Å². The lowest BCUT2D eigenvalue weighted by atomic mass is 10.1. The molecule has 0 aliphatic heterocycles. The molecule has 1 atom stereocenters. The van der Waals surface area contributed by atoms with Crippen molar-refractivity contribution in [3.05, 3.63) is 70.5 Å². The van der Waals surface area contributed by atoms with Crippen LogP contribution < -0.4 is 5.56 Å². The summed E-state index contributed by atoms with van der Waals surface area (Å²) in [5.74, 6) is -0.0766. The van der Waals surface area contributed by atoms with Gasteiger partial charge in [0, 0.05) is 27.2 Å². The third kappa shape index (κ3) is 4.26. The number of carbonyl (C=O) groups is 1. The number of aliphatic hydroxyl groups is 1. The van der Waals surface area contributed by atoms with Gasteiger partial charge < -0.3 is 10.0 Å². The highest BCUT2D eigenvalue weighted by Gasteiger charge is 2.26. The molecule has 1 N–H and O–H groups in total. The van der Waals surface area contributed by atoms with E-state index in [4.69, 9.17) is 0 Å². The fourth-order valence-electron chi connectivity index (χ4n) is 2.89. The minimum absolute atomic E-state index is 0.0257. The van der Waals surface area contributed by atoms with Crippen LogP contribution in [0.3, 0.4) is 0 Å². The average molecular weight is 398 g/mol. The largest absolute Gasteiger partial charge is 0.396 e. The smallest absolute Gasteiger partial charge is 0.262 e. The van der Waals surface area contributed by atoms with Gasteiger partial charge in [-0.25, -0.2) is 4.98 Å². The molecule has 0 unspecified atom stereocenters. The van der Waals surface area contributed by atoms with Crippen LogP contribution in [0.4, 0.5) is 0 Å². The Morgan fingerprint density at radius 3 is 2.50 bits per heavy atom. The Kier molecular flexibility index (Phi) is 6.49. The van der Waals surface area contributed by atoms with E-state index in [1.54, 1.807) is 41.8 Å². The number of para-hydroxylation sites is 1. The molecule has 1 amide bonds. The Labute approximate surface area is 167 Å². The number of likely N-dealkylation sites (N-methyl/N-ethyl adjacent to an activating group) is 1. The van der Waals surface area contributed by atoms with Crippen LogP contribution in [-0.2, 0) is 11.3 Å². The zero-order chi connectivity index (χ0) is 20.1. The molecule has 0 saturated heterocycles. The van der Waals surface area contributed by atoms with E-state index in [1.807, 2.05) is 36.4 Å². The van der Waals surface area contributed by atoms with Crippen LogP contribution in [0.2, 0.25) is 0 Å². The summed E-state index contributed by atoms with van der Waals surface area (Å²) in [7, 11) is 3.43. The van der Waals surface area contributed by atoms with Crippen molar-refractivity contribution in [2.24, 2.45) is 0 Å². The third-order valence-electron chi connectivity index (χ3n) is 4.36. The van der Waals surface area contributed by atoms with Gasteiger partial charge in [-0.3, -0.25) is 14.2 Å². The normalized spacial score (nSPS) is 12.1. The van der Waals surface area contributed by atoms with Gasteiger partial charge in [0.05, 0.1) is 10.9 Å². The van der Waals surface area contributed by atoms with Crippen molar-refractivity contribution < 1.29 is 9.90 Å². The molecule has 6 nitrogen and oxygen atoms in total. The highest BCUT2D eigenvalue weighted by Crippen LogP contribution is 2.35. The first-order chi connectivity index (χ1) is 13.5. The molecule has 7 heteroatoms. The van der Waals surface area contributed by atoms with Crippen molar-refractivity contribution in [1.82, 2.24) is 14.5 Å². The van der Waals surface area contributed by atoms with Crippen molar-refractivity contribution in [1.29, 1.82) is 0 Å². The number of hydrogen-bond acceptors (Lipinski definition) is 5. The van der Waals surface area contributed by atoms with Crippen molar-refractivity contribution in [2.45, 2.75) is 23.4 Å². The second kappa shape index (κ2) is 9.03. The Hall–Kier alpha value is -2.64. The van der Waals surface area contributed by atoms with Gasteiger partial charge in [-0.1, -0.05) is 54.2 Å². The van der Waals surface area contributed by atoms with Crippen LogP contribution in [0.1, 0.15) is 17.2 Å². The van der Waals surface area contributed by atoms with E-state index in [-0.39, 0.29) is 18.1 Å². The number of nitrogens with zero attached hydrogens (tertiary/aromatic N) is 3. The fraction of sp³-hybridized carbons (Fsp3) is 0.286. The van der Waals surface area contributed by atoms with Crippen LogP contribution >= 0.6 is 11.8 Å². The zero-order valence-corrected chi connectivity index (χ0v) is 16.7. The molecule has 0 spiro atoms. The summed E-state index contributed by atoms with van der Waals surface area (Å²) < 4.78 is 1.56. The van der Waals surface area contributed by atoms with Crippen molar-refractivity contribution >= 4 is 28.6 Å². The Morgan fingerprint density at radius 2 is 1.82 bits per heavy atom. The van der Waals surface area contributed by atoms with Crippen LogP contribution in [0, 0.1) is 0 Å². The highest BCUT2D eigenvalue weighted by molar-refractivity contribution is 8.00. The Balaban J connectivity index is 2.11. The maximum absolute atomic E-state index is 13.0. The maximum Gasteiger partial charge on any atom is 0.262 e. The molecule has 1 aromatic heterocycles. The summed E-state index contributed by atoms with van der Waals surface area (Å²) in [6.45, 7) is 0.315. The molecule has 1 heterocycles. The molecule has 0 fully saturated rings. The lowest BCUT2D eigenvalue weighted by Gasteiger charge is -2.22. The van der Waals surface area contributed by atoms with Gasteiger partial charge in [0.15, 0.2) is 5.16 Å². The number of hydrogen-bond donors (Lipinski definition) is 1. The number of fused-ring (bicyclic) bond motifs is 1. The molecule has 0 aliphatic carbocycles. The molecule has 0 saturated carbocycles. The van der Waals surface area contributed by atoms with Crippen LogP contribution in [0.5, 0.6) is 0 Å². The second-order valence-corrected chi connectivity index (χ2v) is 7.66. The first-order valence-corrected chi connectivity index (χ1v) is 9.94. The van der Waals surface area contributed by atoms with E-state index in [1.165, 1.54) is 11.8 Å². The SMILES string of the molecule is CN(C)C(=O)[C@@H](Sc1nc2ccccc2c(=O)n1CCCO)c1ccccc1. The minimum atomic E-state index is -0.523. The monoisotopic (exact) mass is 397 g/mol. The molecule has 0 radical (unpaired) electrons. The molecule has 2 aromatic carbocycles. The van der Waals surface area contributed by atoms with Gasteiger partial charge in [-0.05, 0) is 24.1 Å². The molecular weight excluding hydrogens is 374 g/mol. The molecule has 3 rings (SSSR count). The van der Waals surface area contributed by atoms with E-state index in [0.29, 0.717) is 29.0 Å². The number of carbonyl (C=O) groups excluding carboxylic acids is 1. The Morgan fingerprint density at radius 1 is 1.14 bits per heavy atom. The summed E-state index contributed by atoms with van der Waals surface area (Å²) in [5, 5.41) is 9.72. The van der Waals surface area contributed by atoms with Gasteiger partial charge in [-0.15, -0.1) is 0 Å². The summed E-state index contributed by atoms with van der Waals surface area (Å²) in [5.41, 5.74) is 1.28. The van der Waals surface area contributed by atoms with Crippen molar-refractivity contribution in [2.75, 3.05) is 20.7 Å². The molecule has 146 valence electrons. The number of benzene rings is 2. The van der Waals surface area contributed by atoms with Gasteiger partial charge in [0.1, 0.15) is 5.25 Å². The van der Waals surface area contributed by atoms with E-state index >= 15 is 0 Å². The maximum atomic E-state index is 13.0. The summed E-state index contributed by atoms with van der Waals surface area (Å²) >= 11 is 1.26. The molecule has 3 aromatic rings. The molecule has 28 heavy (non-hydrogen) atoms. The highest BCUT2D eigenvalue weighted by atomic mass is 32.2. The predicted molar refractivity (Wildman–Crippen MR) is 111 cm³/mol. The quantitative estimate of drug-likeness (QED) is 0.490. The topological polar surface area (TPSA) is 75.4 Å². The second-order valence-electron chi connectivity index (χ2n) is 6.59. The standard InChI is InChI=1S/C21H23N3O3S/c1-23(2)20(27)18(15-9-4-3-5-10-15)28-21-22-17-12-7-6-11-16(17)19(26)24(21)13-8-14-25/h3-7,9-12,18,25H,8,13-14H2,1-2H3/t18-/m0/s1. The fourth-order valence-corrected chi connectivity index (χ4v) is 4.16. The number of rotatable bonds is 7. The third-order valence-corrected chi connectivity index (χ3v) is 5.59. The minimum Gasteiger partial charge on any atom is -0.396 e. The first kappa shape index (κ1) is 20.1. The molecular formula is C21H23N3O3S. The van der Waals surface area contributed by atoms with Crippen LogP contribution in [0.25, 0.3) is 10.9 Å². The summed E-state index contributed by atoms with van der Waals surface area (Å²) in [4.78, 5) is 32.1. The number of aromatic nitrogens is 2. The predicted octanol–water partition coefficient (Wildman–Crippen LogP) is 2.70. The lowest BCUT2D eigenvalue weighted by Crippen LogP contribution is -2.28. The van der Waals surface area contributed by atoms with Crippen molar-refractivity contribution in [3.63, 3.8) is 0 Å². The van der Waals surface area contributed by atoms with E-state index in [9.17, 15) is 14.7 Å². The summed E-state index contributed by atoms with van der Waals surface area (Å²) in [6, 6.07) is 16.6. The van der Waals surface area contributed by atoms with E-state index in [0.717, 1.165) is 5.56 Å².